The van der Waals surface area contributed by atoms with Crippen molar-refractivity contribution in [2.75, 3.05) is 18.4 Å². The number of benzene rings is 1. The molecular formula is C25H24BrF3N6. The van der Waals surface area contributed by atoms with Crippen LogP contribution in [0.5, 0.6) is 0 Å². The van der Waals surface area contributed by atoms with Crippen molar-refractivity contribution in [3.63, 3.8) is 0 Å². The second kappa shape index (κ2) is 9.94. The van der Waals surface area contributed by atoms with Gasteiger partial charge < -0.3 is 5.32 Å². The van der Waals surface area contributed by atoms with E-state index >= 15 is 0 Å². The number of nitrogens with zero attached hydrogens (tertiary/aromatic N) is 5. The maximum Gasteiger partial charge on any atom is 0.416 e. The molecule has 6 nitrogen and oxygen atoms in total. The SMILES string of the molecule is FC(F)(F)c1cccc(CN2CCCC(c3cc(NCc4cccnc4)n4ncc(Br)c4n3)C2)c1. The van der Waals surface area contributed by atoms with Crippen LogP contribution in [0.1, 0.15) is 41.1 Å². The number of halogens is 4. The summed E-state index contributed by atoms with van der Waals surface area (Å²) in [6.07, 6.45) is 2.87. The molecule has 1 N–H and O–H groups in total. The highest BCUT2D eigenvalue weighted by Gasteiger charge is 2.31. The van der Waals surface area contributed by atoms with E-state index < -0.39 is 11.7 Å². The van der Waals surface area contributed by atoms with E-state index in [-0.39, 0.29) is 5.92 Å². The molecule has 1 unspecified atom stereocenters. The molecule has 0 amide bonds. The lowest BCUT2D eigenvalue weighted by atomic mass is 9.94. The van der Waals surface area contributed by atoms with Crippen LogP contribution in [0.4, 0.5) is 19.0 Å². The van der Waals surface area contributed by atoms with E-state index in [9.17, 15) is 13.2 Å². The van der Waals surface area contributed by atoms with Crippen LogP contribution in [-0.2, 0) is 19.3 Å². The van der Waals surface area contributed by atoms with Gasteiger partial charge >= 0.3 is 6.18 Å². The fraction of sp³-hybridized carbons (Fsp3) is 0.320. The lowest BCUT2D eigenvalue weighted by Crippen LogP contribution is -2.34. The molecule has 3 aromatic heterocycles. The zero-order valence-electron chi connectivity index (χ0n) is 18.8. The average molecular weight is 545 g/mol. The van der Waals surface area contributed by atoms with Crippen LogP contribution in [0.25, 0.3) is 5.65 Å². The number of pyridine rings is 1. The first kappa shape index (κ1) is 23.7. The number of alkyl halides is 3. The summed E-state index contributed by atoms with van der Waals surface area (Å²) in [5.74, 6) is 0.995. The van der Waals surface area contributed by atoms with Gasteiger partial charge in [0.05, 0.1) is 21.9 Å². The standard InChI is InChI=1S/C25H24BrF3N6/c26-21-14-32-35-23(31-13-18-5-2-8-30-12-18)11-22(33-24(21)35)19-6-3-9-34(16-19)15-17-4-1-7-20(10-17)25(27,28)29/h1-2,4-5,7-8,10-12,14,19,31H,3,6,9,13,15-16H2. The first-order valence-corrected chi connectivity index (χ1v) is 12.2. The van der Waals surface area contributed by atoms with E-state index in [4.69, 9.17) is 4.98 Å². The van der Waals surface area contributed by atoms with Crippen LogP contribution >= 0.6 is 15.9 Å². The normalized spacial score (nSPS) is 17.1. The predicted molar refractivity (Wildman–Crippen MR) is 131 cm³/mol. The lowest BCUT2D eigenvalue weighted by molar-refractivity contribution is -0.137. The minimum Gasteiger partial charge on any atom is -0.366 e. The number of fused-ring (bicyclic) bond motifs is 1. The Kier molecular flexibility index (Phi) is 6.75. The quantitative estimate of drug-likeness (QED) is 0.327. The molecule has 0 radical (unpaired) electrons. The summed E-state index contributed by atoms with van der Waals surface area (Å²) in [6.45, 7) is 2.64. The molecule has 1 fully saturated rings. The number of anilines is 1. The Morgan fingerprint density at radius 3 is 2.74 bits per heavy atom. The minimum absolute atomic E-state index is 0.167. The highest BCUT2D eigenvalue weighted by molar-refractivity contribution is 9.10. The van der Waals surface area contributed by atoms with Gasteiger partial charge in [0.2, 0.25) is 0 Å². The Morgan fingerprint density at radius 2 is 1.94 bits per heavy atom. The second-order valence-electron chi connectivity index (χ2n) is 8.78. The molecule has 0 spiro atoms. The smallest absolute Gasteiger partial charge is 0.366 e. The van der Waals surface area contributed by atoms with Crippen LogP contribution in [0.3, 0.4) is 0 Å². The summed E-state index contributed by atoms with van der Waals surface area (Å²) in [5, 5.41) is 7.89. The Labute approximate surface area is 209 Å². The molecule has 1 saturated heterocycles. The van der Waals surface area contributed by atoms with Crippen molar-refractivity contribution in [1.29, 1.82) is 0 Å². The first-order chi connectivity index (χ1) is 16.9. The molecule has 182 valence electrons. The third-order valence-corrected chi connectivity index (χ3v) is 6.79. The van der Waals surface area contributed by atoms with Crippen LogP contribution in [0.2, 0.25) is 0 Å². The van der Waals surface area contributed by atoms with E-state index in [1.54, 1.807) is 23.0 Å². The number of likely N-dealkylation sites (tertiary alicyclic amines) is 1. The molecule has 10 heteroatoms. The van der Waals surface area contributed by atoms with Crippen LogP contribution in [0.15, 0.2) is 65.5 Å². The molecule has 35 heavy (non-hydrogen) atoms. The van der Waals surface area contributed by atoms with Gasteiger partial charge in [-0.15, -0.1) is 0 Å². The van der Waals surface area contributed by atoms with E-state index in [2.05, 4.69) is 36.2 Å². The number of piperidine rings is 1. The number of aromatic nitrogens is 4. The fourth-order valence-corrected chi connectivity index (χ4v) is 4.88. The number of hydrogen-bond donors (Lipinski definition) is 1. The van der Waals surface area contributed by atoms with E-state index in [1.807, 2.05) is 24.4 Å². The molecule has 4 heterocycles. The largest absolute Gasteiger partial charge is 0.416 e. The second-order valence-corrected chi connectivity index (χ2v) is 9.64. The molecule has 1 aliphatic rings. The third-order valence-electron chi connectivity index (χ3n) is 6.23. The third kappa shape index (κ3) is 5.48. The zero-order chi connectivity index (χ0) is 24.4. The maximum atomic E-state index is 13.1. The summed E-state index contributed by atoms with van der Waals surface area (Å²) in [7, 11) is 0. The monoisotopic (exact) mass is 544 g/mol. The van der Waals surface area contributed by atoms with E-state index in [0.717, 1.165) is 59.2 Å². The summed E-state index contributed by atoms with van der Waals surface area (Å²) in [6, 6.07) is 11.5. The van der Waals surface area contributed by atoms with E-state index in [1.165, 1.54) is 12.1 Å². The molecule has 1 aromatic carbocycles. The molecule has 0 saturated carbocycles. The van der Waals surface area contributed by atoms with Crippen LogP contribution in [0, 0.1) is 0 Å². The number of hydrogen-bond acceptors (Lipinski definition) is 5. The fourth-order valence-electron chi connectivity index (χ4n) is 4.53. The summed E-state index contributed by atoms with van der Waals surface area (Å²) in [5.41, 5.74) is 2.79. The van der Waals surface area contributed by atoms with Gasteiger partial charge in [-0.3, -0.25) is 9.88 Å². The Morgan fingerprint density at radius 1 is 1.09 bits per heavy atom. The van der Waals surface area contributed by atoms with Gasteiger partial charge in [-0.1, -0.05) is 24.3 Å². The van der Waals surface area contributed by atoms with E-state index in [0.29, 0.717) is 18.7 Å². The lowest BCUT2D eigenvalue weighted by Gasteiger charge is -2.32. The topological polar surface area (TPSA) is 58.4 Å². The van der Waals surface area contributed by atoms with Crippen molar-refractivity contribution >= 4 is 27.4 Å². The van der Waals surface area contributed by atoms with Crippen molar-refractivity contribution in [2.45, 2.75) is 38.0 Å². The highest BCUT2D eigenvalue weighted by Crippen LogP contribution is 2.32. The maximum absolute atomic E-state index is 13.1. The highest BCUT2D eigenvalue weighted by atomic mass is 79.9. The van der Waals surface area contributed by atoms with Gasteiger partial charge in [-0.25, -0.2) is 4.98 Å². The molecule has 0 aliphatic carbocycles. The van der Waals surface area contributed by atoms with Gasteiger partial charge in [0, 0.05) is 44.0 Å². The molecule has 1 atom stereocenters. The Bertz CT molecular complexity index is 1310. The van der Waals surface area contributed by atoms with Gasteiger partial charge in [0.15, 0.2) is 5.65 Å². The summed E-state index contributed by atoms with van der Waals surface area (Å²) in [4.78, 5) is 11.3. The zero-order valence-corrected chi connectivity index (χ0v) is 20.4. The molecule has 4 aromatic rings. The number of nitrogens with one attached hydrogen (secondary N) is 1. The van der Waals surface area contributed by atoms with Crippen molar-refractivity contribution < 1.29 is 13.2 Å². The molecular weight excluding hydrogens is 521 g/mol. The Balaban J connectivity index is 1.36. The minimum atomic E-state index is -4.34. The van der Waals surface area contributed by atoms with Gasteiger partial charge in [-0.05, 0) is 58.6 Å². The van der Waals surface area contributed by atoms with Crippen molar-refractivity contribution in [2.24, 2.45) is 0 Å². The number of rotatable bonds is 6. The van der Waals surface area contributed by atoms with Crippen molar-refractivity contribution in [3.05, 3.63) is 87.9 Å². The van der Waals surface area contributed by atoms with Gasteiger partial charge in [0.1, 0.15) is 5.82 Å². The molecule has 5 rings (SSSR count). The molecule has 1 aliphatic heterocycles. The van der Waals surface area contributed by atoms with Gasteiger partial charge in [-0.2, -0.15) is 22.8 Å². The predicted octanol–water partition coefficient (Wildman–Crippen LogP) is 5.90. The summed E-state index contributed by atoms with van der Waals surface area (Å²) < 4.78 is 42.0. The van der Waals surface area contributed by atoms with Crippen LogP contribution < -0.4 is 5.32 Å². The van der Waals surface area contributed by atoms with Crippen molar-refractivity contribution in [3.8, 4) is 0 Å². The Hall–Kier alpha value is -2.98. The van der Waals surface area contributed by atoms with Crippen LogP contribution in [-0.4, -0.2) is 37.6 Å². The molecule has 0 bridgehead atoms. The van der Waals surface area contributed by atoms with Gasteiger partial charge in [0.25, 0.3) is 0 Å². The first-order valence-electron chi connectivity index (χ1n) is 11.4. The van der Waals surface area contributed by atoms with Crippen molar-refractivity contribution in [1.82, 2.24) is 24.5 Å². The average Bonchev–Trinajstić information content (AvgIpc) is 3.24. The summed E-state index contributed by atoms with van der Waals surface area (Å²) >= 11 is 3.55.